The van der Waals surface area contributed by atoms with Gasteiger partial charge in [0.2, 0.25) is 12.3 Å². The molecule has 0 unspecified atom stereocenters. The maximum Gasteiger partial charge on any atom is 0.246 e. The molecule has 1 aliphatic heterocycles. The van der Waals surface area contributed by atoms with Crippen molar-refractivity contribution in [2.45, 2.75) is 51.1 Å². The molecule has 1 fully saturated rings. The van der Waals surface area contributed by atoms with Crippen LogP contribution in [0, 0.1) is 0 Å². The van der Waals surface area contributed by atoms with Crippen LogP contribution in [0.1, 0.15) is 39.2 Å². The van der Waals surface area contributed by atoms with E-state index in [4.69, 9.17) is 0 Å². The largest absolute Gasteiger partial charge is 0.361 e. The molecule has 0 radical (unpaired) electrons. The summed E-state index contributed by atoms with van der Waals surface area (Å²) in [4.78, 5) is 32.6. The molecule has 3 rings (SSSR count). The predicted molar refractivity (Wildman–Crippen MR) is 112 cm³/mol. The first kappa shape index (κ1) is 20.4. The Balaban J connectivity index is 1.82. The first-order valence-corrected chi connectivity index (χ1v) is 10.0. The highest BCUT2D eigenvalue weighted by atomic mass is 16.2. The van der Waals surface area contributed by atoms with Crippen LogP contribution in [-0.4, -0.2) is 64.9 Å². The van der Waals surface area contributed by atoms with Gasteiger partial charge in [-0.05, 0) is 58.7 Å². The van der Waals surface area contributed by atoms with Crippen molar-refractivity contribution in [3.8, 4) is 0 Å². The molecule has 28 heavy (non-hydrogen) atoms. The summed E-state index contributed by atoms with van der Waals surface area (Å²) in [6.45, 7) is 8.05. The maximum atomic E-state index is 13.3. The molecule has 2 heterocycles. The van der Waals surface area contributed by atoms with Gasteiger partial charge in [-0.15, -0.1) is 0 Å². The van der Waals surface area contributed by atoms with E-state index in [2.05, 4.69) is 28.3 Å². The van der Waals surface area contributed by atoms with Crippen molar-refractivity contribution in [1.29, 1.82) is 0 Å². The van der Waals surface area contributed by atoms with E-state index in [0.29, 0.717) is 25.8 Å². The van der Waals surface area contributed by atoms with Crippen molar-refractivity contribution in [2.75, 3.05) is 26.7 Å². The molecule has 1 aromatic heterocycles. The minimum Gasteiger partial charge on any atom is -0.361 e. The van der Waals surface area contributed by atoms with E-state index in [9.17, 15) is 9.59 Å². The van der Waals surface area contributed by atoms with E-state index in [-0.39, 0.29) is 11.4 Å². The molecule has 6 heteroatoms. The SMILES string of the molecule is CN1CCC(C(=O)NC(C)(C)C)(N(C=O)CCc2c[nH]c3ccccc23)CC1. The number of aromatic amines is 1. The Morgan fingerprint density at radius 2 is 1.96 bits per heavy atom. The number of nitrogens with zero attached hydrogens (tertiary/aromatic N) is 2. The number of carbonyl (C=O) groups is 2. The summed E-state index contributed by atoms with van der Waals surface area (Å²) < 4.78 is 0. The number of amides is 2. The molecule has 2 aromatic rings. The van der Waals surface area contributed by atoms with Gasteiger partial charge in [0, 0.05) is 42.3 Å². The number of fused-ring (bicyclic) bond motifs is 1. The molecule has 0 saturated carbocycles. The topological polar surface area (TPSA) is 68.4 Å². The van der Waals surface area contributed by atoms with Crippen LogP contribution in [0.4, 0.5) is 0 Å². The van der Waals surface area contributed by atoms with Gasteiger partial charge < -0.3 is 20.1 Å². The Kier molecular flexibility index (Phi) is 5.79. The number of aromatic nitrogens is 1. The molecule has 0 aliphatic carbocycles. The first-order chi connectivity index (χ1) is 13.2. The lowest BCUT2D eigenvalue weighted by molar-refractivity contribution is -0.145. The van der Waals surface area contributed by atoms with Gasteiger partial charge in [-0.3, -0.25) is 9.59 Å². The maximum absolute atomic E-state index is 13.3. The molecule has 1 aromatic carbocycles. The average Bonchev–Trinajstić information content (AvgIpc) is 3.05. The highest BCUT2D eigenvalue weighted by Gasteiger charge is 2.46. The lowest BCUT2D eigenvalue weighted by Crippen LogP contribution is -2.65. The second-order valence-corrected chi connectivity index (χ2v) is 8.95. The Morgan fingerprint density at radius 1 is 1.29 bits per heavy atom. The van der Waals surface area contributed by atoms with Crippen LogP contribution in [0.5, 0.6) is 0 Å². The zero-order valence-electron chi connectivity index (χ0n) is 17.4. The van der Waals surface area contributed by atoms with Crippen molar-refractivity contribution >= 4 is 23.2 Å². The standard InChI is InChI=1S/C22H32N4O2/c1-21(2,3)24-20(28)22(10-13-25(4)14-11-22)26(16-27)12-9-17-15-23-19-8-6-5-7-18(17)19/h5-8,15-16,23H,9-14H2,1-4H3,(H,24,28). The number of para-hydroxylation sites is 1. The Hall–Kier alpha value is -2.34. The van der Waals surface area contributed by atoms with Gasteiger partial charge in [0.15, 0.2) is 0 Å². The van der Waals surface area contributed by atoms with E-state index in [1.54, 1.807) is 4.90 Å². The minimum atomic E-state index is -0.784. The van der Waals surface area contributed by atoms with Gasteiger partial charge in [0.1, 0.15) is 5.54 Å². The fourth-order valence-corrected chi connectivity index (χ4v) is 4.04. The van der Waals surface area contributed by atoms with Crippen molar-refractivity contribution in [2.24, 2.45) is 0 Å². The number of hydrogen-bond acceptors (Lipinski definition) is 3. The van der Waals surface area contributed by atoms with Gasteiger partial charge in [0.25, 0.3) is 0 Å². The third kappa shape index (κ3) is 4.22. The fraction of sp³-hybridized carbons (Fsp3) is 0.545. The summed E-state index contributed by atoms with van der Waals surface area (Å²) in [6, 6.07) is 8.16. The smallest absolute Gasteiger partial charge is 0.246 e. The molecule has 2 amide bonds. The first-order valence-electron chi connectivity index (χ1n) is 10.0. The molecule has 0 atom stereocenters. The van der Waals surface area contributed by atoms with Gasteiger partial charge in [-0.2, -0.15) is 0 Å². The van der Waals surface area contributed by atoms with E-state index in [1.165, 1.54) is 10.9 Å². The Bertz CT molecular complexity index is 828. The Labute approximate surface area is 167 Å². The van der Waals surface area contributed by atoms with Gasteiger partial charge in [-0.25, -0.2) is 0 Å². The van der Waals surface area contributed by atoms with Crippen LogP contribution in [0.25, 0.3) is 10.9 Å². The fourth-order valence-electron chi connectivity index (χ4n) is 4.04. The van der Waals surface area contributed by atoms with E-state index in [0.717, 1.165) is 25.0 Å². The highest BCUT2D eigenvalue weighted by molar-refractivity contribution is 5.89. The van der Waals surface area contributed by atoms with Crippen molar-refractivity contribution in [3.05, 3.63) is 36.0 Å². The van der Waals surface area contributed by atoms with Crippen molar-refractivity contribution in [1.82, 2.24) is 20.1 Å². The number of benzene rings is 1. The van der Waals surface area contributed by atoms with Crippen molar-refractivity contribution < 1.29 is 9.59 Å². The van der Waals surface area contributed by atoms with Gasteiger partial charge in [-0.1, -0.05) is 18.2 Å². The molecule has 152 valence electrons. The molecule has 1 aliphatic rings. The van der Waals surface area contributed by atoms with Crippen LogP contribution < -0.4 is 5.32 Å². The van der Waals surface area contributed by atoms with Crippen LogP contribution >= 0.6 is 0 Å². The lowest BCUT2D eigenvalue weighted by Gasteiger charge is -2.46. The number of piperidine rings is 1. The molecule has 2 N–H and O–H groups in total. The highest BCUT2D eigenvalue weighted by Crippen LogP contribution is 2.30. The summed E-state index contributed by atoms with van der Waals surface area (Å²) >= 11 is 0. The zero-order valence-corrected chi connectivity index (χ0v) is 17.4. The number of likely N-dealkylation sites (tertiary alicyclic amines) is 1. The molecule has 0 spiro atoms. The van der Waals surface area contributed by atoms with Gasteiger partial charge >= 0.3 is 0 Å². The van der Waals surface area contributed by atoms with Crippen molar-refractivity contribution in [3.63, 3.8) is 0 Å². The van der Waals surface area contributed by atoms with E-state index < -0.39 is 5.54 Å². The van der Waals surface area contributed by atoms with Crippen LogP contribution in [0.15, 0.2) is 30.5 Å². The third-order valence-corrected chi connectivity index (χ3v) is 5.70. The number of carbonyl (C=O) groups excluding carboxylic acids is 2. The monoisotopic (exact) mass is 384 g/mol. The Morgan fingerprint density at radius 3 is 2.61 bits per heavy atom. The summed E-state index contributed by atoms with van der Waals surface area (Å²) in [5.74, 6) is -0.0425. The molecular weight excluding hydrogens is 352 g/mol. The summed E-state index contributed by atoms with van der Waals surface area (Å²) in [7, 11) is 2.06. The molecule has 1 saturated heterocycles. The number of H-pyrrole nitrogens is 1. The van der Waals surface area contributed by atoms with E-state index >= 15 is 0 Å². The molecule has 6 nitrogen and oxygen atoms in total. The van der Waals surface area contributed by atoms with E-state index in [1.807, 2.05) is 45.2 Å². The minimum absolute atomic E-state index is 0.0425. The normalized spacial score (nSPS) is 17.4. The van der Waals surface area contributed by atoms with Crippen LogP contribution in [0.3, 0.4) is 0 Å². The van der Waals surface area contributed by atoms with Crippen LogP contribution in [-0.2, 0) is 16.0 Å². The number of rotatable bonds is 6. The lowest BCUT2D eigenvalue weighted by atomic mass is 9.84. The average molecular weight is 385 g/mol. The summed E-state index contributed by atoms with van der Waals surface area (Å²) in [6.07, 6.45) is 4.88. The summed E-state index contributed by atoms with van der Waals surface area (Å²) in [5, 5.41) is 4.29. The second kappa shape index (κ2) is 7.95. The number of nitrogens with one attached hydrogen (secondary N) is 2. The van der Waals surface area contributed by atoms with Gasteiger partial charge in [0.05, 0.1) is 0 Å². The predicted octanol–water partition coefficient (Wildman–Crippen LogP) is 2.55. The molecular formula is C22H32N4O2. The zero-order chi connectivity index (χ0) is 20.4. The second-order valence-electron chi connectivity index (χ2n) is 8.95. The number of hydrogen-bond donors (Lipinski definition) is 2. The van der Waals surface area contributed by atoms with Crippen LogP contribution in [0.2, 0.25) is 0 Å². The summed E-state index contributed by atoms with van der Waals surface area (Å²) in [5.41, 5.74) is 1.14. The quantitative estimate of drug-likeness (QED) is 0.752. The third-order valence-electron chi connectivity index (χ3n) is 5.70. The molecule has 0 bridgehead atoms.